The lowest BCUT2D eigenvalue weighted by Crippen LogP contribution is -2.37. The van der Waals surface area contributed by atoms with Crippen molar-refractivity contribution in [2.45, 2.75) is 71.1 Å². The maximum Gasteiger partial charge on any atom is 0.274 e. The zero-order valence-electron chi connectivity index (χ0n) is 28.2. The molecule has 0 unspecified atom stereocenters. The second kappa shape index (κ2) is 16.5. The lowest BCUT2D eigenvalue weighted by molar-refractivity contribution is -0.122. The highest BCUT2D eigenvalue weighted by Crippen LogP contribution is 2.27. The van der Waals surface area contributed by atoms with Crippen LogP contribution in [0.25, 0.3) is 0 Å². The summed E-state index contributed by atoms with van der Waals surface area (Å²) in [5.41, 5.74) is 3.53. The third kappa shape index (κ3) is 8.81. The van der Waals surface area contributed by atoms with E-state index in [1.807, 2.05) is 30.3 Å². The van der Waals surface area contributed by atoms with E-state index in [0.29, 0.717) is 80.7 Å². The zero-order chi connectivity index (χ0) is 35.0. The van der Waals surface area contributed by atoms with Gasteiger partial charge in [0.25, 0.3) is 17.7 Å². The van der Waals surface area contributed by atoms with Gasteiger partial charge in [-0.2, -0.15) is 5.10 Å². The minimum Gasteiger partial charge on any atom is -0.376 e. The molecule has 2 aliphatic rings. The minimum absolute atomic E-state index is 0.157. The Hall–Kier alpha value is -4.47. The summed E-state index contributed by atoms with van der Waals surface area (Å²) >= 11 is 2.65. The first kappa shape index (κ1) is 35.4. The lowest BCUT2D eigenvalue weighted by Gasteiger charge is -2.23. The molecule has 0 aliphatic carbocycles. The van der Waals surface area contributed by atoms with Gasteiger partial charge in [0.15, 0.2) is 5.69 Å². The van der Waals surface area contributed by atoms with E-state index in [9.17, 15) is 19.2 Å². The Kier molecular flexibility index (Phi) is 11.7. The molecule has 0 saturated heterocycles. The van der Waals surface area contributed by atoms with Gasteiger partial charge in [-0.05, 0) is 37.2 Å². The highest BCUT2D eigenvalue weighted by Gasteiger charge is 2.28. The first-order chi connectivity index (χ1) is 24.2. The van der Waals surface area contributed by atoms with Crippen molar-refractivity contribution in [1.29, 1.82) is 0 Å². The number of aromatic nitrogens is 4. The van der Waals surface area contributed by atoms with Crippen LogP contribution < -0.4 is 16.0 Å². The number of amides is 4. The fourth-order valence-corrected chi connectivity index (χ4v) is 7.80. The van der Waals surface area contributed by atoms with Crippen molar-refractivity contribution in [3.63, 3.8) is 0 Å². The van der Waals surface area contributed by atoms with Crippen LogP contribution >= 0.6 is 22.7 Å². The van der Waals surface area contributed by atoms with Crippen LogP contribution in [0, 0.1) is 5.92 Å². The molecule has 50 heavy (non-hydrogen) atoms. The Morgan fingerprint density at radius 3 is 2.42 bits per heavy atom. The van der Waals surface area contributed by atoms with E-state index in [2.05, 4.69) is 50.0 Å². The number of nitrogens with zero attached hydrogens (tertiary/aromatic N) is 4. The average molecular weight is 719 g/mol. The van der Waals surface area contributed by atoms with Crippen LogP contribution in [0.5, 0.6) is 0 Å². The Labute approximate surface area is 298 Å². The molecule has 13 nitrogen and oxygen atoms in total. The molecule has 3 aromatic heterocycles. The molecule has 4 N–H and O–H groups in total. The number of ether oxygens (including phenoxy) is 1. The summed E-state index contributed by atoms with van der Waals surface area (Å²) in [6.07, 6.45) is 2.89. The van der Waals surface area contributed by atoms with E-state index in [1.54, 1.807) is 15.7 Å². The van der Waals surface area contributed by atoms with E-state index >= 15 is 0 Å². The van der Waals surface area contributed by atoms with Crippen molar-refractivity contribution in [2.75, 3.05) is 26.2 Å². The molecular formula is C35H42N8O5S2. The predicted octanol–water partition coefficient (Wildman–Crippen LogP) is 4.37. The van der Waals surface area contributed by atoms with Crippen molar-refractivity contribution in [2.24, 2.45) is 5.92 Å². The zero-order valence-corrected chi connectivity index (χ0v) is 29.8. The summed E-state index contributed by atoms with van der Waals surface area (Å²) < 4.78 is 5.60. The molecule has 5 heterocycles. The number of aromatic amines is 1. The molecule has 264 valence electrons. The molecule has 0 fully saturated rings. The van der Waals surface area contributed by atoms with Crippen LogP contribution in [0.1, 0.15) is 110 Å². The van der Waals surface area contributed by atoms with Crippen LogP contribution in [-0.2, 0) is 29.0 Å². The summed E-state index contributed by atoms with van der Waals surface area (Å²) in [7, 11) is 0. The maximum absolute atomic E-state index is 13.8. The van der Waals surface area contributed by atoms with Gasteiger partial charge < -0.3 is 25.6 Å². The van der Waals surface area contributed by atoms with Gasteiger partial charge in [0.2, 0.25) is 5.91 Å². The minimum atomic E-state index is -0.500. The van der Waals surface area contributed by atoms with Crippen molar-refractivity contribution < 1.29 is 23.9 Å². The number of hydrogen-bond acceptors (Lipinski definition) is 10. The highest BCUT2D eigenvalue weighted by atomic mass is 32.1. The summed E-state index contributed by atoms with van der Waals surface area (Å²) in [4.78, 5) is 64.8. The molecule has 2 atom stereocenters. The van der Waals surface area contributed by atoms with E-state index in [0.717, 1.165) is 16.8 Å². The fraction of sp³-hybridized carbons (Fsp3) is 0.457. The SMILES string of the molecule is CC(C)C[C@@H]1NC(=O)CCCN(C(=O)c2n[nH]c3c2COCC3)CCCNC(=O)c2csc(n2)[C@H](Cc2ccccc2)NC(=O)c2csc1n2. The molecular weight excluding hydrogens is 677 g/mol. The molecule has 0 saturated carbocycles. The summed E-state index contributed by atoms with van der Waals surface area (Å²) in [6.45, 7) is 6.04. The summed E-state index contributed by atoms with van der Waals surface area (Å²) in [5.74, 6) is -0.827. The van der Waals surface area contributed by atoms with E-state index < -0.39 is 6.04 Å². The van der Waals surface area contributed by atoms with Gasteiger partial charge in [0.1, 0.15) is 21.4 Å². The van der Waals surface area contributed by atoms with Gasteiger partial charge in [-0.15, -0.1) is 22.7 Å². The van der Waals surface area contributed by atoms with Gasteiger partial charge in [-0.25, -0.2) is 9.97 Å². The topological polar surface area (TPSA) is 171 Å². The van der Waals surface area contributed by atoms with E-state index in [-0.39, 0.29) is 53.4 Å². The molecule has 4 amide bonds. The van der Waals surface area contributed by atoms with Crippen molar-refractivity contribution in [3.05, 3.63) is 85.0 Å². The third-order valence-corrected chi connectivity index (χ3v) is 10.6. The monoisotopic (exact) mass is 718 g/mol. The third-order valence-electron chi connectivity index (χ3n) is 8.64. The Morgan fingerprint density at radius 1 is 0.940 bits per heavy atom. The van der Waals surface area contributed by atoms with Gasteiger partial charge >= 0.3 is 0 Å². The number of thiazole rings is 2. The number of hydrogen-bond donors (Lipinski definition) is 4. The number of nitrogens with one attached hydrogen (secondary N) is 4. The Bertz CT molecular complexity index is 1800. The van der Waals surface area contributed by atoms with Gasteiger partial charge in [-0.3, -0.25) is 24.3 Å². The number of fused-ring (bicyclic) bond motifs is 5. The standard InChI is InChI=1S/C35H42N8O5S2/c1-21(2)16-25-33-40-28(20-50-33)32(46)38-26(17-22-8-4-3-5-9-22)34-39-27(19-49-34)31(45)36-12-7-14-43(13-6-10-29(44)37-25)35(47)30-23-18-48-15-11-24(23)41-42-30/h3-5,8-9,19-21,25-26H,6-7,10-18H2,1-2H3,(H,36,45)(H,37,44)(H,38,46)(H,41,42)/t25-,26-/m0/s1. The Balaban J connectivity index is 1.26. The van der Waals surface area contributed by atoms with Crippen molar-refractivity contribution in [3.8, 4) is 0 Å². The van der Waals surface area contributed by atoms with Crippen molar-refractivity contribution in [1.82, 2.24) is 41.0 Å². The average Bonchev–Trinajstić information content (AvgIpc) is 3.89. The van der Waals surface area contributed by atoms with Gasteiger partial charge in [0.05, 0.1) is 25.3 Å². The van der Waals surface area contributed by atoms with Crippen LogP contribution in [0.2, 0.25) is 0 Å². The smallest absolute Gasteiger partial charge is 0.274 e. The normalized spacial score (nSPS) is 19.6. The maximum atomic E-state index is 13.8. The summed E-state index contributed by atoms with van der Waals surface area (Å²) in [5, 5.41) is 21.1. The molecule has 15 heteroatoms. The first-order valence-corrected chi connectivity index (χ1v) is 18.8. The van der Waals surface area contributed by atoms with Crippen LogP contribution in [0.3, 0.4) is 0 Å². The summed E-state index contributed by atoms with van der Waals surface area (Å²) in [6, 6.07) is 8.91. The number of rotatable bonds is 5. The van der Waals surface area contributed by atoms with E-state index in [4.69, 9.17) is 4.74 Å². The molecule has 2 aliphatic heterocycles. The molecule has 0 spiro atoms. The van der Waals surface area contributed by atoms with Crippen molar-refractivity contribution >= 4 is 46.3 Å². The highest BCUT2D eigenvalue weighted by molar-refractivity contribution is 7.10. The molecule has 4 aromatic rings. The second-order valence-electron chi connectivity index (χ2n) is 12.9. The van der Waals surface area contributed by atoms with Crippen LogP contribution in [-0.4, -0.2) is 74.9 Å². The van der Waals surface area contributed by atoms with E-state index in [1.165, 1.54) is 22.7 Å². The quantitative estimate of drug-likeness (QED) is 0.236. The Morgan fingerprint density at radius 2 is 1.66 bits per heavy atom. The molecule has 0 radical (unpaired) electrons. The first-order valence-electron chi connectivity index (χ1n) is 17.0. The number of benzene rings is 1. The second-order valence-corrected chi connectivity index (χ2v) is 14.7. The molecule has 1 aromatic carbocycles. The molecule has 4 bridgehead atoms. The lowest BCUT2D eigenvalue weighted by atomic mass is 10.0. The predicted molar refractivity (Wildman–Crippen MR) is 189 cm³/mol. The fourth-order valence-electron chi connectivity index (χ4n) is 6.09. The van der Waals surface area contributed by atoms with Gasteiger partial charge in [0, 0.05) is 54.5 Å². The number of H-pyrrole nitrogens is 1. The largest absolute Gasteiger partial charge is 0.376 e. The molecule has 6 rings (SSSR count). The number of carbonyl (C=O) groups is 4. The van der Waals surface area contributed by atoms with Gasteiger partial charge in [-0.1, -0.05) is 44.2 Å². The number of carbonyl (C=O) groups excluding carboxylic acids is 4. The van der Waals surface area contributed by atoms with Crippen LogP contribution in [0.4, 0.5) is 0 Å². The van der Waals surface area contributed by atoms with Crippen LogP contribution in [0.15, 0.2) is 41.1 Å².